The van der Waals surface area contributed by atoms with Crippen molar-refractivity contribution in [3.05, 3.63) is 63.6 Å². The van der Waals surface area contributed by atoms with Crippen LogP contribution in [0, 0.1) is 26.6 Å². The predicted octanol–water partition coefficient (Wildman–Crippen LogP) is 3.71. The van der Waals surface area contributed by atoms with Crippen LogP contribution in [0.5, 0.6) is 0 Å². The van der Waals surface area contributed by atoms with E-state index in [0.717, 1.165) is 27.0 Å². The number of nitrogens with zero attached hydrogens (tertiary/aromatic N) is 3. The van der Waals surface area contributed by atoms with Crippen LogP contribution < -0.4 is 10.9 Å². The summed E-state index contributed by atoms with van der Waals surface area (Å²) in [5, 5.41) is 3.36. The number of carbonyl (C=O) groups excluding carboxylic acids is 1. The molecule has 0 saturated carbocycles. The van der Waals surface area contributed by atoms with Crippen LogP contribution >= 0.6 is 11.3 Å². The lowest BCUT2D eigenvalue weighted by atomic mass is 10.1. The Kier molecular flexibility index (Phi) is 4.43. The van der Waals surface area contributed by atoms with Gasteiger partial charge in [-0.05, 0) is 50.1 Å². The molecular formula is C20H17FN4O2S. The SMILES string of the molecule is Cc1ccc(NC(=O)Cn2cnc3c(sc4nc(C)cc(C)c43)c2=O)c(F)c1. The average molecular weight is 396 g/mol. The van der Waals surface area contributed by atoms with Crippen LogP contribution in [0.4, 0.5) is 10.1 Å². The van der Waals surface area contributed by atoms with Gasteiger partial charge in [-0.2, -0.15) is 0 Å². The molecule has 0 aliphatic carbocycles. The van der Waals surface area contributed by atoms with Crippen molar-refractivity contribution in [2.24, 2.45) is 0 Å². The lowest BCUT2D eigenvalue weighted by molar-refractivity contribution is -0.116. The molecule has 1 N–H and O–H groups in total. The van der Waals surface area contributed by atoms with Crippen LogP contribution in [0.25, 0.3) is 20.4 Å². The molecule has 0 atom stereocenters. The van der Waals surface area contributed by atoms with Crippen molar-refractivity contribution >= 4 is 43.4 Å². The first-order chi connectivity index (χ1) is 13.3. The summed E-state index contributed by atoms with van der Waals surface area (Å²) in [6.07, 6.45) is 1.35. The van der Waals surface area contributed by atoms with E-state index >= 15 is 0 Å². The fraction of sp³-hybridized carbons (Fsp3) is 0.200. The first-order valence-electron chi connectivity index (χ1n) is 8.65. The maximum atomic E-state index is 13.9. The van der Waals surface area contributed by atoms with Gasteiger partial charge in [-0.15, -0.1) is 11.3 Å². The molecule has 3 heterocycles. The molecule has 4 aromatic rings. The molecule has 6 nitrogen and oxygen atoms in total. The van der Waals surface area contributed by atoms with E-state index in [9.17, 15) is 14.0 Å². The molecule has 0 unspecified atom stereocenters. The lowest BCUT2D eigenvalue weighted by Gasteiger charge is -2.08. The topological polar surface area (TPSA) is 76.9 Å². The number of hydrogen-bond acceptors (Lipinski definition) is 5. The second-order valence-corrected chi connectivity index (χ2v) is 7.75. The van der Waals surface area contributed by atoms with Crippen LogP contribution in [-0.4, -0.2) is 20.4 Å². The number of pyridine rings is 1. The molecule has 3 aromatic heterocycles. The number of hydrogen-bond donors (Lipinski definition) is 1. The van der Waals surface area contributed by atoms with Gasteiger partial charge in [-0.25, -0.2) is 14.4 Å². The molecular weight excluding hydrogens is 379 g/mol. The number of aryl methyl sites for hydroxylation is 3. The van der Waals surface area contributed by atoms with Gasteiger partial charge in [0.15, 0.2) is 0 Å². The van der Waals surface area contributed by atoms with Crippen LogP contribution in [0.15, 0.2) is 35.4 Å². The Balaban J connectivity index is 1.68. The highest BCUT2D eigenvalue weighted by atomic mass is 32.1. The average Bonchev–Trinajstić information content (AvgIpc) is 2.99. The quantitative estimate of drug-likeness (QED) is 0.573. The van der Waals surface area contributed by atoms with Crippen molar-refractivity contribution in [2.45, 2.75) is 27.3 Å². The molecule has 0 fully saturated rings. The lowest BCUT2D eigenvalue weighted by Crippen LogP contribution is -2.27. The van der Waals surface area contributed by atoms with E-state index in [1.807, 2.05) is 19.9 Å². The van der Waals surface area contributed by atoms with Gasteiger partial charge in [0.2, 0.25) is 5.91 Å². The second kappa shape index (κ2) is 6.79. The van der Waals surface area contributed by atoms with Gasteiger partial charge in [0.25, 0.3) is 5.56 Å². The van der Waals surface area contributed by atoms with Crippen LogP contribution in [-0.2, 0) is 11.3 Å². The van der Waals surface area contributed by atoms with Gasteiger partial charge in [-0.3, -0.25) is 14.2 Å². The third-order valence-corrected chi connectivity index (χ3v) is 5.52. The van der Waals surface area contributed by atoms with Crippen molar-refractivity contribution in [3.8, 4) is 0 Å². The number of rotatable bonds is 3. The summed E-state index contributed by atoms with van der Waals surface area (Å²) in [5.41, 5.74) is 2.99. The normalized spacial score (nSPS) is 11.3. The summed E-state index contributed by atoms with van der Waals surface area (Å²) >= 11 is 1.27. The number of nitrogens with one attached hydrogen (secondary N) is 1. The van der Waals surface area contributed by atoms with Crippen molar-refractivity contribution < 1.29 is 9.18 Å². The smallest absolute Gasteiger partial charge is 0.271 e. The summed E-state index contributed by atoms with van der Waals surface area (Å²) in [6, 6.07) is 6.48. The van der Waals surface area contributed by atoms with Gasteiger partial charge in [0.05, 0.1) is 17.5 Å². The zero-order valence-electron chi connectivity index (χ0n) is 15.5. The Morgan fingerprint density at radius 1 is 1.25 bits per heavy atom. The Morgan fingerprint density at radius 2 is 2.04 bits per heavy atom. The number of anilines is 1. The summed E-state index contributed by atoms with van der Waals surface area (Å²) in [4.78, 5) is 34.8. The van der Waals surface area contributed by atoms with E-state index in [0.29, 0.717) is 10.2 Å². The molecule has 142 valence electrons. The number of benzene rings is 1. The molecule has 0 aliphatic rings. The van der Waals surface area contributed by atoms with E-state index in [-0.39, 0.29) is 17.8 Å². The fourth-order valence-electron chi connectivity index (χ4n) is 3.18. The van der Waals surface area contributed by atoms with Crippen molar-refractivity contribution in [3.63, 3.8) is 0 Å². The van der Waals surface area contributed by atoms with Gasteiger partial charge in [-0.1, -0.05) is 6.07 Å². The largest absolute Gasteiger partial charge is 0.322 e. The molecule has 0 saturated heterocycles. The van der Waals surface area contributed by atoms with Gasteiger partial charge < -0.3 is 5.32 Å². The van der Waals surface area contributed by atoms with Crippen LogP contribution in [0.2, 0.25) is 0 Å². The summed E-state index contributed by atoms with van der Waals surface area (Å²) in [6.45, 7) is 5.37. The maximum absolute atomic E-state index is 13.9. The zero-order chi connectivity index (χ0) is 20.0. The standard InChI is InChI=1S/C20H17FN4O2S/c1-10-4-5-14(13(21)6-10)24-15(26)8-25-9-22-17-16-11(2)7-12(3)23-19(16)28-18(17)20(25)27/h4-7,9H,8H2,1-3H3,(H,24,26). The predicted molar refractivity (Wildman–Crippen MR) is 108 cm³/mol. The fourth-order valence-corrected chi connectivity index (χ4v) is 4.38. The molecule has 0 radical (unpaired) electrons. The summed E-state index contributed by atoms with van der Waals surface area (Å²) in [5.74, 6) is -1.02. The molecule has 8 heteroatoms. The first kappa shape index (κ1) is 18.2. The number of fused-ring (bicyclic) bond motifs is 3. The highest BCUT2D eigenvalue weighted by Gasteiger charge is 2.16. The minimum Gasteiger partial charge on any atom is -0.322 e. The first-order valence-corrected chi connectivity index (χ1v) is 9.47. The van der Waals surface area contributed by atoms with E-state index in [4.69, 9.17) is 0 Å². The third kappa shape index (κ3) is 3.16. The van der Waals surface area contributed by atoms with Crippen LogP contribution in [0.3, 0.4) is 0 Å². The van der Waals surface area contributed by atoms with Crippen molar-refractivity contribution in [1.82, 2.24) is 14.5 Å². The maximum Gasteiger partial charge on any atom is 0.271 e. The molecule has 0 bridgehead atoms. The Morgan fingerprint density at radius 3 is 2.79 bits per heavy atom. The molecule has 0 spiro atoms. The number of halogens is 1. The molecule has 28 heavy (non-hydrogen) atoms. The van der Waals surface area contributed by atoms with Crippen LogP contribution in [0.1, 0.15) is 16.8 Å². The summed E-state index contributed by atoms with van der Waals surface area (Å²) in [7, 11) is 0. The number of thiophene rings is 1. The monoisotopic (exact) mass is 396 g/mol. The Bertz CT molecular complexity index is 1310. The number of carbonyl (C=O) groups is 1. The second-order valence-electron chi connectivity index (χ2n) is 6.75. The highest BCUT2D eigenvalue weighted by Crippen LogP contribution is 2.31. The minimum absolute atomic E-state index is 0.0786. The highest BCUT2D eigenvalue weighted by molar-refractivity contribution is 7.25. The Hall–Kier alpha value is -3.13. The molecule has 1 amide bonds. The van der Waals surface area contributed by atoms with Gasteiger partial charge in [0.1, 0.15) is 21.9 Å². The minimum atomic E-state index is -0.518. The van der Waals surface area contributed by atoms with Gasteiger partial charge in [0, 0.05) is 11.1 Å². The zero-order valence-corrected chi connectivity index (χ0v) is 16.4. The van der Waals surface area contributed by atoms with Crippen molar-refractivity contribution in [2.75, 3.05) is 5.32 Å². The van der Waals surface area contributed by atoms with Gasteiger partial charge >= 0.3 is 0 Å². The summed E-state index contributed by atoms with van der Waals surface area (Å²) < 4.78 is 15.6. The number of aromatic nitrogens is 3. The van der Waals surface area contributed by atoms with Crippen molar-refractivity contribution in [1.29, 1.82) is 0 Å². The molecule has 0 aliphatic heterocycles. The molecule has 4 rings (SSSR count). The molecule has 1 aromatic carbocycles. The van der Waals surface area contributed by atoms with E-state index in [2.05, 4.69) is 15.3 Å². The third-order valence-electron chi connectivity index (χ3n) is 4.46. The van der Waals surface area contributed by atoms with E-state index in [1.54, 1.807) is 13.0 Å². The number of amides is 1. The van der Waals surface area contributed by atoms with E-state index < -0.39 is 11.7 Å². The van der Waals surface area contributed by atoms with E-state index in [1.165, 1.54) is 34.4 Å². The Labute approximate surface area is 163 Å².